The first-order chi connectivity index (χ1) is 8.49. The van der Waals surface area contributed by atoms with Crippen molar-refractivity contribution in [3.05, 3.63) is 28.0 Å². The summed E-state index contributed by atoms with van der Waals surface area (Å²) in [6.45, 7) is 1.88. The van der Waals surface area contributed by atoms with Crippen molar-refractivity contribution < 1.29 is 18.3 Å². The van der Waals surface area contributed by atoms with Gasteiger partial charge in [-0.3, -0.25) is 4.79 Å². The molecule has 0 saturated carbocycles. The Labute approximate surface area is 113 Å². The van der Waals surface area contributed by atoms with E-state index in [1.165, 1.54) is 0 Å². The molecule has 0 aliphatic rings. The SMILES string of the molecule is CCOC(=O)Cc1cc(C(F)F)c(Cl)nc1CCl. The van der Waals surface area contributed by atoms with E-state index in [1.54, 1.807) is 6.92 Å². The van der Waals surface area contributed by atoms with E-state index < -0.39 is 18.0 Å². The maximum Gasteiger partial charge on any atom is 0.310 e. The summed E-state index contributed by atoms with van der Waals surface area (Å²) in [4.78, 5) is 15.1. The van der Waals surface area contributed by atoms with Crippen LogP contribution in [-0.4, -0.2) is 17.6 Å². The summed E-state index contributed by atoms with van der Waals surface area (Å²) in [7, 11) is 0. The number of halogens is 4. The molecule has 0 aliphatic carbocycles. The Balaban J connectivity index is 3.08. The van der Waals surface area contributed by atoms with Crippen molar-refractivity contribution in [3.8, 4) is 0 Å². The Morgan fingerprint density at radius 1 is 1.56 bits per heavy atom. The van der Waals surface area contributed by atoms with Gasteiger partial charge >= 0.3 is 5.97 Å². The predicted molar refractivity (Wildman–Crippen MR) is 64.1 cm³/mol. The van der Waals surface area contributed by atoms with Crippen molar-refractivity contribution in [2.24, 2.45) is 0 Å². The zero-order chi connectivity index (χ0) is 13.7. The number of carbonyl (C=O) groups excluding carboxylic acids is 1. The zero-order valence-corrected chi connectivity index (χ0v) is 11.1. The molecule has 1 heterocycles. The highest BCUT2D eigenvalue weighted by Crippen LogP contribution is 2.28. The average molecular weight is 298 g/mol. The number of aromatic nitrogens is 1. The summed E-state index contributed by atoms with van der Waals surface area (Å²) in [6, 6.07) is 1.15. The quantitative estimate of drug-likeness (QED) is 0.474. The summed E-state index contributed by atoms with van der Waals surface area (Å²) < 4.78 is 30.1. The highest BCUT2D eigenvalue weighted by atomic mass is 35.5. The Kier molecular flexibility index (Phi) is 5.75. The molecular formula is C11H11Cl2F2NO2. The van der Waals surface area contributed by atoms with Crippen molar-refractivity contribution >= 4 is 29.2 Å². The standard InChI is InChI=1S/C11H11Cl2F2NO2/c1-2-18-9(17)4-6-3-7(11(14)15)10(13)16-8(6)5-12/h3,11H,2,4-5H2,1H3. The van der Waals surface area contributed by atoms with Gasteiger partial charge in [0, 0.05) is 0 Å². The van der Waals surface area contributed by atoms with E-state index in [0.717, 1.165) is 6.07 Å². The van der Waals surface area contributed by atoms with Crippen molar-refractivity contribution in [1.29, 1.82) is 0 Å². The fourth-order valence-electron chi connectivity index (χ4n) is 1.37. The maximum atomic E-state index is 12.7. The van der Waals surface area contributed by atoms with E-state index in [1.807, 2.05) is 0 Å². The molecule has 0 spiro atoms. The fraction of sp³-hybridized carbons (Fsp3) is 0.455. The number of nitrogens with zero attached hydrogens (tertiary/aromatic N) is 1. The van der Waals surface area contributed by atoms with Gasteiger partial charge in [-0.1, -0.05) is 11.6 Å². The van der Waals surface area contributed by atoms with Gasteiger partial charge in [-0.2, -0.15) is 0 Å². The van der Waals surface area contributed by atoms with Gasteiger partial charge in [-0.15, -0.1) is 11.6 Å². The van der Waals surface area contributed by atoms with Gasteiger partial charge < -0.3 is 4.74 Å². The summed E-state index contributed by atoms with van der Waals surface area (Å²) in [5.74, 6) is -0.536. The van der Waals surface area contributed by atoms with Crippen LogP contribution in [-0.2, 0) is 21.8 Å². The van der Waals surface area contributed by atoms with Gasteiger partial charge in [0.05, 0.1) is 30.2 Å². The first-order valence-corrected chi connectivity index (χ1v) is 6.08. The highest BCUT2D eigenvalue weighted by molar-refractivity contribution is 6.30. The zero-order valence-electron chi connectivity index (χ0n) is 9.55. The number of pyridine rings is 1. The normalized spacial score (nSPS) is 10.8. The second-order valence-corrected chi connectivity index (χ2v) is 4.02. The lowest BCUT2D eigenvalue weighted by Crippen LogP contribution is -2.11. The molecular weight excluding hydrogens is 287 g/mol. The summed E-state index contributed by atoms with van der Waals surface area (Å²) in [6.07, 6.45) is -2.91. The van der Waals surface area contributed by atoms with Crippen molar-refractivity contribution in [2.45, 2.75) is 25.7 Å². The van der Waals surface area contributed by atoms with Gasteiger partial charge in [0.2, 0.25) is 0 Å². The van der Waals surface area contributed by atoms with Gasteiger partial charge in [0.1, 0.15) is 5.15 Å². The molecule has 0 fully saturated rings. The lowest BCUT2D eigenvalue weighted by Gasteiger charge is -2.10. The van der Waals surface area contributed by atoms with Gasteiger partial charge in [-0.25, -0.2) is 13.8 Å². The molecule has 0 aromatic carbocycles. The smallest absolute Gasteiger partial charge is 0.310 e. The monoisotopic (exact) mass is 297 g/mol. The number of esters is 1. The fourth-order valence-corrected chi connectivity index (χ4v) is 1.85. The summed E-state index contributed by atoms with van der Waals surface area (Å²) in [5, 5.41) is -0.298. The van der Waals surface area contributed by atoms with Crippen molar-refractivity contribution in [1.82, 2.24) is 4.98 Å². The number of ether oxygens (including phenoxy) is 1. The number of carbonyl (C=O) groups is 1. The highest BCUT2D eigenvalue weighted by Gasteiger charge is 2.18. The predicted octanol–water partition coefficient (Wildman–Crippen LogP) is 3.52. The minimum absolute atomic E-state index is 0.0159. The summed E-state index contributed by atoms with van der Waals surface area (Å²) >= 11 is 11.2. The molecule has 0 atom stereocenters. The largest absolute Gasteiger partial charge is 0.466 e. The van der Waals surface area contributed by atoms with Crippen molar-refractivity contribution in [2.75, 3.05) is 6.61 Å². The Morgan fingerprint density at radius 2 is 2.22 bits per heavy atom. The Hall–Kier alpha value is -0.940. The molecule has 0 radical (unpaired) electrons. The molecule has 1 rings (SSSR count). The lowest BCUT2D eigenvalue weighted by molar-refractivity contribution is -0.142. The van der Waals surface area contributed by atoms with E-state index in [0.29, 0.717) is 11.3 Å². The molecule has 18 heavy (non-hydrogen) atoms. The minimum atomic E-state index is -2.75. The third kappa shape index (κ3) is 3.78. The Morgan fingerprint density at radius 3 is 2.72 bits per heavy atom. The molecule has 7 heteroatoms. The van der Waals surface area contributed by atoms with Crippen LogP contribution in [0.4, 0.5) is 8.78 Å². The van der Waals surface area contributed by atoms with Gasteiger partial charge in [-0.05, 0) is 18.6 Å². The Bertz CT molecular complexity index is 441. The first kappa shape index (κ1) is 15.1. The molecule has 100 valence electrons. The molecule has 0 aliphatic heterocycles. The molecule has 3 nitrogen and oxygen atoms in total. The van der Waals surface area contributed by atoms with Crippen LogP contribution in [0, 0.1) is 0 Å². The van der Waals surface area contributed by atoms with E-state index in [2.05, 4.69) is 4.98 Å². The van der Waals surface area contributed by atoms with E-state index >= 15 is 0 Å². The van der Waals surface area contributed by atoms with E-state index in [9.17, 15) is 13.6 Å². The molecule has 1 aromatic rings. The summed E-state index contributed by atoms with van der Waals surface area (Å²) in [5.41, 5.74) is 0.201. The van der Waals surface area contributed by atoms with Crippen LogP contribution in [0.5, 0.6) is 0 Å². The van der Waals surface area contributed by atoms with Crippen LogP contribution in [0.1, 0.15) is 30.2 Å². The van der Waals surface area contributed by atoms with Crippen LogP contribution >= 0.6 is 23.2 Å². The molecule has 0 N–H and O–H groups in total. The van der Waals surface area contributed by atoms with Gasteiger partial charge in [0.25, 0.3) is 6.43 Å². The van der Waals surface area contributed by atoms with Gasteiger partial charge in [0.15, 0.2) is 0 Å². The molecule has 0 saturated heterocycles. The lowest BCUT2D eigenvalue weighted by atomic mass is 10.1. The third-order valence-electron chi connectivity index (χ3n) is 2.17. The number of hydrogen-bond acceptors (Lipinski definition) is 3. The van der Waals surface area contributed by atoms with Crippen LogP contribution in [0.25, 0.3) is 0 Å². The van der Waals surface area contributed by atoms with E-state index in [4.69, 9.17) is 27.9 Å². The first-order valence-electron chi connectivity index (χ1n) is 5.17. The maximum absolute atomic E-state index is 12.7. The van der Waals surface area contributed by atoms with E-state index in [-0.39, 0.29) is 24.1 Å². The van der Waals surface area contributed by atoms with Crippen molar-refractivity contribution in [3.63, 3.8) is 0 Å². The minimum Gasteiger partial charge on any atom is -0.466 e. The topological polar surface area (TPSA) is 39.2 Å². The molecule has 0 amide bonds. The third-order valence-corrected chi connectivity index (χ3v) is 2.73. The van der Waals surface area contributed by atoms with Crippen LogP contribution in [0.15, 0.2) is 6.07 Å². The average Bonchev–Trinajstić information content (AvgIpc) is 2.30. The number of alkyl halides is 3. The number of rotatable bonds is 5. The molecule has 1 aromatic heterocycles. The second-order valence-electron chi connectivity index (χ2n) is 3.39. The van der Waals surface area contributed by atoms with Crippen LogP contribution in [0.2, 0.25) is 5.15 Å². The number of hydrogen-bond donors (Lipinski definition) is 0. The van der Waals surface area contributed by atoms with Crippen LogP contribution < -0.4 is 0 Å². The molecule has 0 unspecified atom stereocenters. The molecule has 0 bridgehead atoms. The second kappa shape index (κ2) is 6.85. The van der Waals surface area contributed by atoms with Crippen LogP contribution in [0.3, 0.4) is 0 Å².